The molecule has 19 heavy (non-hydrogen) atoms. The molecule has 2 aromatic rings. The zero-order chi connectivity index (χ0) is 13.7. The average molecular weight is 275 g/mol. The van der Waals surface area contributed by atoms with Crippen LogP contribution in [0.25, 0.3) is 0 Å². The van der Waals surface area contributed by atoms with Gasteiger partial charge in [-0.25, -0.2) is 4.98 Å². The Bertz CT molecular complexity index is 598. The van der Waals surface area contributed by atoms with Crippen molar-refractivity contribution >= 4 is 17.3 Å². The fourth-order valence-corrected chi connectivity index (χ4v) is 2.10. The van der Waals surface area contributed by atoms with Gasteiger partial charge in [-0.2, -0.15) is 5.26 Å². The van der Waals surface area contributed by atoms with Gasteiger partial charge >= 0.3 is 0 Å². The van der Waals surface area contributed by atoms with Crippen LogP contribution in [-0.4, -0.2) is 9.55 Å². The molecule has 0 aliphatic heterocycles. The minimum atomic E-state index is 0.556. The van der Waals surface area contributed by atoms with E-state index in [2.05, 4.69) is 27.9 Å². The second-order valence-electron chi connectivity index (χ2n) is 4.24. The Balaban J connectivity index is 2.06. The van der Waals surface area contributed by atoms with Gasteiger partial charge in [0.1, 0.15) is 0 Å². The van der Waals surface area contributed by atoms with Crippen LogP contribution in [0.4, 0.5) is 5.69 Å². The zero-order valence-corrected chi connectivity index (χ0v) is 11.5. The SMILES string of the molecule is CCCn1cncc1CNc1ccc(C#N)cc1Cl. The molecule has 1 N–H and O–H groups in total. The number of nitrogens with zero attached hydrogens (tertiary/aromatic N) is 3. The van der Waals surface area contributed by atoms with Crippen LogP contribution in [-0.2, 0) is 13.1 Å². The van der Waals surface area contributed by atoms with E-state index in [0.29, 0.717) is 17.1 Å². The van der Waals surface area contributed by atoms with Gasteiger partial charge in [-0.05, 0) is 24.6 Å². The van der Waals surface area contributed by atoms with Gasteiger partial charge in [0.2, 0.25) is 0 Å². The number of benzene rings is 1. The lowest BCUT2D eigenvalue weighted by Crippen LogP contribution is -2.07. The van der Waals surface area contributed by atoms with Gasteiger partial charge in [0.15, 0.2) is 0 Å². The highest BCUT2D eigenvalue weighted by atomic mass is 35.5. The summed E-state index contributed by atoms with van der Waals surface area (Å²) in [5, 5.41) is 12.6. The molecule has 0 aliphatic carbocycles. The molecular weight excluding hydrogens is 260 g/mol. The van der Waals surface area contributed by atoms with E-state index in [-0.39, 0.29) is 0 Å². The van der Waals surface area contributed by atoms with E-state index in [9.17, 15) is 0 Å². The Labute approximate surface area is 117 Å². The first-order valence-electron chi connectivity index (χ1n) is 6.17. The minimum absolute atomic E-state index is 0.556. The predicted molar refractivity (Wildman–Crippen MR) is 76.0 cm³/mol. The lowest BCUT2D eigenvalue weighted by molar-refractivity contribution is 0.651. The van der Waals surface area contributed by atoms with E-state index in [0.717, 1.165) is 24.3 Å². The predicted octanol–water partition coefficient (Wildman–Crippen LogP) is 3.43. The second-order valence-corrected chi connectivity index (χ2v) is 4.65. The summed E-state index contributed by atoms with van der Waals surface area (Å²) >= 11 is 6.11. The summed E-state index contributed by atoms with van der Waals surface area (Å²) in [7, 11) is 0. The molecule has 2 rings (SSSR count). The third-order valence-corrected chi connectivity index (χ3v) is 3.13. The van der Waals surface area contributed by atoms with E-state index in [1.165, 1.54) is 0 Å². The first-order chi connectivity index (χ1) is 9.24. The van der Waals surface area contributed by atoms with Crippen molar-refractivity contribution in [3.05, 3.63) is 47.0 Å². The van der Waals surface area contributed by atoms with Crippen molar-refractivity contribution in [2.75, 3.05) is 5.32 Å². The first kappa shape index (κ1) is 13.4. The summed E-state index contributed by atoms with van der Waals surface area (Å²) in [6, 6.07) is 7.29. The number of imidazole rings is 1. The van der Waals surface area contributed by atoms with Gasteiger partial charge in [0.25, 0.3) is 0 Å². The third-order valence-electron chi connectivity index (χ3n) is 2.82. The summed E-state index contributed by atoms with van der Waals surface area (Å²) in [6.07, 6.45) is 4.75. The van der Waals surface area contributed by atoms with Gasteiger partial charge in [0.05, 0.1) is 40.9 Å². The van der Waals surface area contributed by atoms with Gasteiger partial charge in [-0.1, -0.05) is 18.5 Å². The fraction of sp³-hybridized carbons (Fsp3) is 0.286. The smallest absolute Gasteiger partial charge is 0.0992 e. The van der Waals surface area contributed by atoms with Crippen LogP contribution in [0.5, 0.6) is 0 Å². The number of halogens is 1. The molecule has 4 nitrogen and oxygen atoms in total. The van der Waals surface area contributed by atoms with Crippen LogP contribution in [0.15, 0.2) is 30.7 Å². The van der Waals surface area contributed by atoms with E-state index < -0.39 is 0 Å². The molecule has 0 spiro atoms. The maximum atomic E-state index is 8.79. The molecule has 0 saturated heterocycles. The Hall–Kier alpha value is -1.99. The first-order valence-corrected chi connectivity index (χ1v) is 6.55. The molecule has 0 atom stereocenters. The van der Waals surface area contributed by atoms with Crippen LogP contribution in [0.3, 0.4) is 0 Å². The standard InChI is InChI=1S/C14H15ClN4/c1-2-5-19-10-17-8-12(19)9-18-14-4-3-11(7-16)6-13(14)15/h3-4,6,8,10,18H,2,5,9H2,1H3. The van der Waals surface area contributed by atoms with Crippen LogP contribution in [0, 0.1) is 11.3 Å². The van der Waals surface area contributed by atoms with E-state index in [1.807, 2.05) is 18.6 Å². The van der Waals surface area contributed by atoms with Gasteiger partial charge in [-0.3, -0.25) is 0 Å². The van der Waals surface area contributed by atoms with Crippen molar-refractivity contribution in [3.63, 3.8) is 0 Å². The van der Waals surface area contributed by atoms with Crippen LogP contribution < -0.4 is 5.32 Å². The topological polar surface area (TPSA) is 53.6 Å². The molecule has 5 heteroatoms. The normalized spacial score (nSPS) is 10.2. The number of hydrogen-bond acceptors (Lipinski definition) is 3. The monoisotopic (exact) mass is 274 g/mol. The molecule has 0 bridgehead atoms. The Kier molecular flexibility index (Phi) is 4.43. The molecule has 1 aromatic carbocycles. The summed E-state index contributed by atoms with van der Waals surface area (Å²) in [4.78, 5) is 4.15. The molecular formula is C14H15ClN4. The summed E-state index contributed by atoms with van der Waals surface area (Å²) in [5.74, 6) is 0. The number of nitriles is 1. The van der Waals surface area contributed by atoms with E-state index in [1.54, 1.807) is 12.1 Å². The van der Waals surface area contributed by atoms with Gasteiger partial charge < -0.3 is 9.88 Å². The Morgan fingerprint density at radius 2 is 2.32 bits per heavy atom. The number of aryl methyl sites for hydroxylation is 1. The molecule has 1 aromatic heterocycles. The van der Waals surface area contributed by atoms with Crippen LogP contribution >= 0.6 is 11.6 Å². The third kappa shape index (κ3) is 3.27. The summed E-state index contributed by atoms with van der Waals surface area (Å²) < 4.78 is 2.12. The lowest BCUT2D eigenvalue weighted by atomic mass is 10.2. The fourth-order valence-electron chi connectivity index (χ4n) is 1.85. The Morgan fingerprint density at radius 3 is 3.00 bits per heavy atom. The molecule has 0 radical (unpaired) electrons. The van der Waals surface area contributed by atoms with Crippen LogP contribution in [0.1, 0.15) is 24.6 Å². The molecule has 0 unspecified atom stereocenters. The molecule has 0 fully saturated rings. The maximum absolute atomic E-state index is 8.79. The molecule has 98 valence electrons. The summed E-state index contributed by atoms with van der Waals surface area (Å²) in [5.41, 5.74) is 2.50. The van der Waals surface area contributed by atoms with E-state index in [4.69, 9.17) is 16.9 Å². The highest BCUT2D eigenvalue weighted by molar-refractivity contribution is 6.33. The largest absolute Gasteiger partial charge is 0.378 e. The van der Waals surface area contributed by atoms with Crippen molar-refractivity contribution in [1.82, 2.24) is 9.55 Å². The molecule has 0 aliphatic rings. The molecule has 1 heterocycles. The van der Waals surface area contributed by atoms with Crippen molar-refractivity contribution in [3.8, 4) is 6.07 Å². The number of anilines is 1. The quantitative estimate of drug-likeness (QED) is 0.909. The van der Waals surface area contributed by atoms with E-state index >= 15 is 0 Å². The van der Waals surface area contributed by atoms with Crippen LogP contribution in [0.2, 0.25) is 5.02 Å². The van der Waals surface area contributed by atoms with Crippen molar-refractivity contribution in [2.24, 2.45) is 0 Å². The number of rotatable bonds is 5. The zero-order valence-electron chi connectivity index (χ0n) is 10.7. The lowest BCUT2D eigenvalue weighted by Gasteiger charge is -2.10. The minimum Gasteiger partial charge on any atom is -0.378 e. The Morgan fingerprint density at radius 1 is 1.47 bits per heavy atom. The summed E-state index contributed by atoms with van der Waals surface area (Å²) in [6.45, 7) is 3.75. The van der Waals surface area contributed by atoms with Crippen molar-refractivity contribution in [2.45, 2.75) is 26.4 Å². The molecule has 0 amide bonds. The van der Waals surface area contributed by atoms with Crippen molar-refractivity contribution in [1.29, 1.82) is 5.26 Å². The maximum Gasteiger partial charge on any atom is 0.0992 e. The number of aromatic nitrogens is 2. The average Bonchev–Trinajstić information content (AvgIpc) is 2.85. The highest BCUT2D eigenvalue weighted by Crippen LogP contribution is 2.23. The van der Waals surface area contributed by atoms with Gasteiger partial charge in [-0.15, -0.1) is 0 Å². The second kappa shape index (κ2) is 6.26. The van der Waals surface area contributed by atoms with Gasteiger partial charge in [0, 0.05) is 12.7 Å². The highest BCUT2D eigenvalue weighted by Gasteiger charge is 2.04. The number of hydrogen-bond donors (Lipinski definition) is 1. The van der Waals surface area contributed by atoms with Crippen molar-refractivity contribution < 1.29 is 0 Å². The number of nitrogens with one attached hydrogen (secondary N) is 1. The molecule has 0 saturated carbocycles.